The highest BCUT2D eigenvalue weighted by Crippen LogP contribution is 2.50. The Morgan fingerprint density at radius 2 is 1.69 bits per heavy atom. The number of aliphatic hydroxyl groups is 3. The van der Waals surface area contributed by atoms with Gasteiger partial charge in [0.05, 0.1) is 5.41 Å². The molecule has 0 spiro atoms. The van der Waals surface area contributed by atoms with Crippen LogP contribution in [0.1, 0.15) is 25.8 Å². The van der Waals surface area contributed by atoms with E-state index in [1.807, 2.05) is 0 Å². The average molecular weight is 386 g/mol. The molecule has 2 saturated heterocycles. The Bertz CT molecular complexity index is 722. The largest absolute Gasteiger partial charge is 0.441 e. The highest BCUT2D eigenvalue weighted by molar-refractivity contribution is 6.30. The number of carbonyl (C=O) groups excluding carboxylic acids is 2. The first kappa shape index (κ1) is 19.1. The molecule has 2 fully saturated rings. The number of carbonyl (C=O) groups is 2. The summed E-state index contributed by atoms with van der Waals surface area (Å²) < 4.78 is 5.30. The van der Waals surface area contributed by atoms with E-state index < -0.39 is 41.4 Å². The van der Waals surface area contributed by atoms with Crippen LogP contribution in [0.3, 0.4) is 0 Å². The number of benzene rings is 1. The van der Waals surface area contributed by atoms with Crippen molar-refractivity contribution >= 4 is 23.5 Å². The zero-order valence-electron chi connectivity index (χ0n) is 14.3. The van der Waals surface area contributed by atoms with Crippen LogP contribution in [0.5, 0.6) is 0 Å². The van der Waals surface area contributed by atoms with Gasteiger partial charge in [-0.2, -0.15) is 0 Å². The number of hydrogen-bond donors (Lipinski definition) is 3. The number of nitrogens with zero attached hydrogens (tertiary/aromatic N) is 1. The van der Waals surface area contributed by atoms with Crippen molar-refractivity contribution in [3.8, 4) is 0 Å². The van der Waals surface area contributed by atoms with Gasteiger partial charge in [0.25, 0.3) is 0 Å². The van der Waals surface area contributed by atoms with Crippen LogP contribution in [0.15, 0.2) is 24.3 Å². The van der Waals surface area contributed by atoms with Gasteiger partial charge < -0.3 is 24.9 Å². The Labute approximate surface area is 154 Å². The van der Waals surface area contributed by atoms with Crippen molar-refractivity contribution in [1.29, 1.82) is 0 Å². The molecule has 4 atom stereocenters. The normalized spacial score (nSPS) is 34.9. The molecule has 2 aliphatic heterocycles. The first-order valence-corrected chi connectivity index (χ1v) is 8.49. The number of ether oxygens (including phenoxy) is 1. The van der Waals surface area contributed by atoms with Gasteiger partial charge in [0.1, 0.15) is 5.60 Å². The zero-order chi connectivity index (χ0) is 19.3. The van der Waals surface area contributed by atoms with Crippen LogP contribution in [0.4, 0.5) is 0 Å². The molecule has 0 radical (unpaired) electrons. The summed E-state index contributed by atoms with van der Waals surface area (Å²) in [5.74, 6) is -2.33. The molecule has 26 heavy (non-hydrogen) atoms. The van der Waals surface area contributed by atoms with Crippen molar-refractivity contribution < 1.29 is 34.5 Å². The Morgan fingerprint density at radius 3 is 2.31 bits per heavy atom. The minimum Gasteiger partial charge on any atom is -0.441 e. The van der Waals surface area contributed by atoms with Crippen LogP contribution in [0.25, 0.3) is 0 Å². The minimum absolute atomic E-state index is 0.0507. The smallest absolute Gasteiger partial charge is 0.357 e. The summed E-state index contributed by atoms with van der Waals surface area (Å²) in [5, 5.41) is 32.4. The van der Waals surface area contributed by atoms with E-state index in [1.54, 1.807) is 38.1 Å². The molecule has 0 aliphatic carbocycles. The molecule has 3 N–H and O–H groups in total. The van der Waals surface area contributed by atoms with Gasteiger partial charge >= 0.3 is 11.9 Å². The van der Waals surface area contributed by atoms with Crippen LogP contribution >= 0.6 is 11.6 Å². The summed E-state index contributed by atoms with van der Waals surface area (Å²) >= 11 is 5.91. The highest BCUT2D eigenvalue weighted by atomic mass is 35.5. The van der Waals surface area contributed by atoms with Gasteiger partial charge in [0, 0.05) is 11.6 Å². The Hall–Kier alpha value is -1.71. The molecule has 142 valence electrons. The quantitative estimate of drug-likeness (QED) is 0.592. The van der Waals surface area contributed by atoms with Crippen LogP contribution in [-0.4, -0.2) is 57.3 Å². The van der Waals surface area contributed by atoms with Crippen molar-refractivity contribution in [2.45, 2.75) is 44.3 Å². The van der Waals surface area contributed by atoms with Crippen molar-refractivity contribution in [3.05, 3.63) is 34.9 Å². The lowest BCUT2D eigenvalue weighted by Gasteiger charge is -2.54. The van der Waals surface area contributed by atoms with Crippen LogP contribution in [0, 0.1) is 5.41 Å². The number of esters is 1. The van der Waals surface area contributed by atoms with E-state index in [0.717, 1.165) is 5.06 Å². The lowest BCUT2D eigenvalue weighted by atomic mass is 9.65. The van der Waals surface area contributed by atoms with Gasteiger partial charge in [0.15, 0.2) is 18.4 Å². The van der Waals surface area contributed by atoms with Crippen molar-refractivity contribution in [1.82, 2.24) is 5.06 Å². The molecule has 0 bridgehead atoms. The fraction of sp³-hybridized carbons (Fsp3) is 0.529. The summed E-state index contributed by atoms with van der Waals surface area (Å²) in [6.07, 6.45) is -5.10. The summed E-state index contributed by atoms with van der Waals surface area (Å²) in [7, 11) is 0. The Kier molecular flexibility index (Phi) is 4.74. The van der Waals surface area contributed by atoms with Gasteiger partial charge in [-0.3, -0.25) is 0 Å². The van der Waals surface area contributed by atoms with E-state index in [2.05, 4.69) is 0 Å². The van der Waals surface area contributed by atoms with Gasteiger partial charge in [-0.1, -0.05) is 42.6 Å². The number of rotatable bonds is 1. The molecule has 4 unspecified atom stereocenters. The van der Waals surface area contributed by atoms with Crippen molar-refractivity contribution in [2.75, 3.05) is 6.54 Å². The summed E-state index contributed by atoms with van der Waals surface area (Å²) in [6.45, 7) is 3.36. The first-order chi connectivity index (χ1) is 12.1. The number of aliphatic hydroxyl groups excluding tert-OH is 2. The minimum atomic E-state index is -2.06. The van der Waals surface area contributed by atoms with Crippen molar-refractivity contribution in [2.24, 2.45) is 5.41 Å². The number of piperidine rings is 1. The second-order valence-electron chi connectivity index (χ2n) is 7.07. The predicted molar refractivity (Wildman–Crippen MR) is 88.4 cm³/mol. The maximum atomic E-state index is 12.1. The summed E-state index contributed by atoms with van der Waals surface area (Å²) in [5.41, 5.74) is -1.98. The highest BCUT2D eigenvalue weighted by Gasteiger charge is 2.59. The third-order valence-electron chi connectivity index (χ3n) is 5.18. The second-order valence-corrected chi connectivity index (χ2v) is 7.51. The van der Waals surface area contributed by atoms with E-state index in [-0.39, 0.29) is 13.0 Å². The van der Waals surface area contributed by atoms with E-state index in [1.165, 1.54) is 0 Å². The molecule has 2 heterocycles. The second kappa shape index (κ2) is 6.47. The first-order valence-electron chi connectivity index (χ1n) is 8.11. The standard InChI is InChI=1S/C17H20ClNO7/c1-16(2)15-19(26-14(23)12(21)11(20)13(22)25-15)8-7-17(16,24)9-3-5-10(18)6-4-9/h3-6,11-12,15,20-21,24H,7-8H2,1-2H3. The van der Waals surface area contributed by atoms with E-state index in [9.17, 15) is 24.9 Å². The summed E-state index contributed by atoms with van der Waals surface area (Å²) in [4.78, 5) is 29.1. The van der Waals surface area contributed by atoms with Crippen LogP contribution in [0.2, 0.25) is 5.02 Å². The van der Waals surface area contributed by atoms with Gasteiger partial charge in [0.2, 0.25) is 0 Å². The average Bonchev–Trinajstić information content (AvgIpc) is 2.59. The van der Waals surface area contributed by atoms with Gasteiger partial charge in [-0.15, -0.1) is 0 Å². The lowest BCUT2D eigenvalue weighted by Crippen LogP contribution is -2.65. The van der Waals surface area contributed by atoms with Crippen LogP contribution < -0.4 is 0 Å². The number of halogens is 1. The maximum absolute atomic E-state index is 12.1. The molecule has 9 heteroatoms. The monoisotopic (exact) mass is 385 g/mol. The molecule has 1 aromatic carbocycles. The maximum Gasteiger partial charge on any atom is 0.357 e. The third kappa shape index (κ3) is 2.87. The molecule has 2 aliphatic rings. The molecule has 0 saturated carbocycles. The molecule has 8 nitrogen and oxygen atoms in total. The van der Waals surface area contributed by atoms with E-state index >= 15 is 0 Å². The Balaban J connectivity index is 2.00. The molecule has 3 rings (SSSR count). The Morgan fingerprint density at radius 1 is 1.12 bits per heavy atom. The topological polar surface area (TPSA) is 117 Å². The number of hydroxylamine groups is 2. The third-order valence-corrected chi connectivity index (χ3v) is 5.43. The van der Waals surface area contributed by atoms with E-state index in [0.29, 0.717) is 10.6 Å². The fourth-order valence-corrected chi connectivity index (χ4v) is 3.55. The van der Waals surface area contributed by atoms with Gasteiger partial charge in [-0.25, -0.2) is 9.59 Å². The SMILES string of the molecule is CC1(C)C2OC(=O)C(O)C(O)C(=O)ON2CCC1(O)c1ccc(Cl)cc1. The molecule has 0 amide bonds. The predicted octanol–water partition coefficient (Wildman–Crippen LogP) is 0.322. The number of hydrogen-bond acceptors (Lipinski definition) is 8. The molecular weight excluding hydrogens is 366 g/mol. The molecule has 1 aromatic rings. The number of fused-ring (bicyclic) bond motifs is 1. The van der Waals surface area contributed by atoms with Crippen LogP contribution in [-0.2, 0) is 24.8 Å². The van der Waals surface area contributed by atoms with Gasteiger partial charge in [-0.05, 0) is 24.1 Å². The molecular formula is C17H20ClNO7. The zero-order valence-corrected chi connectivity index (χ0v) is 15.0. The summed E-state index contributed by atoms with van der Waals surface area (Å²) in [6, 6.07) is 6.63. The van der Waals surface area contributed by atoms with Crippen molar-refractivity contribution in [3.63, 3.8) is 0 Å². The fourth-order valence-electron chi connectivity index (χ4n) is 3.42. The lowest BCUT2D eigenvalue weighted by molar-refractivity contribution is -0.325. The van der Waals surface area contributed by atoms with E-state index in [4.69, 9.17) is 21.2 Å². The molecule has 0 aromatic heterocycles.